The number of hydrogen-bond donors (Lipinski definition) is 5. The van der Waals surface area contributed by atoms with Crippen molar-refractivity contribution < 1.29 is 67.9 Å². The number of halogens is 1. The molecule has 1 aromatic heterocycles. The second-order valence-corrected chi connectivity index (χ2v) is 22.9. The van der Waals surface area contributed by atoms with E-state index in [0.717, 1.165) is 24.3 Å². The van der Waals surface area contributed by atoms with E-state index in [4.69, 9.17) is 33.2 Å². The maximum Gasteiger partial charge on any atom is 0.311 e. The van der Waals surface area contributed by atoms with Crippen molar-refractivity contribution >= 4 is 11.7 Å². The third-order valence-electron chi connectivity index (χ3n) is 16.9. The predicted octanol–water partition coefficient (Wildman–Crippen LogP) is 4.21. The highest BCUT2D eigenvalue weighted by Gasteiger charge is 2.53. The molecule has 1 aromatic carbocycles. The topological polar surface area (TPSA) is 223 Å². The van der Waals surface area contributed by atoms with Crippen LogP contribution in [-0.4, -0.2) is 208 Å². The Morgan fingerprint density at radius 1 is 0.959 bits per heavy atom. The summed E-state index contributed by atoms with van der Waals surface area (Å²) in [4.78, 5) is 20.7. The molecule has 0 bridgehead atoms. The van der Waals surface area contributed by atoms with Gasteiger partial charge in [0.2, 0.25) is 0 Å². The van der Waals surface area contributed by atoms with Gasteiger partial charge in [0.1, 0.15) is 48.8 Å². The smallest absolute Gasteiger partial charge is 0.311 e. The second kappa shape index (κ2) is 25.2. The fourth-order valence-corrected chi connectivity index (χ4v) is 12.0. The lowest BCUT2D eigenvalue weighted by atomic mass is 9.77. The quantitative estimate of drug-likeness (QED) is 0.149. The van der Waals surface area contributed by atoms with Crippen LogP contribution in [0.2, 0.25) is 0 Å². The van der Waals surface area contributed by atoms with Crippen LogP contribution in [0, 0.1) is 17.8 Å². The number of aliphatic hydroxyl groups excluding tert-OH is 3. The molecule has 5 N–H and O–H groups in total. The Morgan fingerprint density at radius 3 is 2.23 bits per heavy atom. The summed E-state index contributed by atoms with van der Waals surface area (Å²) < 4.78 is 60.6. The lowest BCUT2D eigenvalue weighted by Crippen LogP contribution is -2.61. The highest BCUT2D eigenvalue weighted by Crippen LogP contribution is 2.41. The van der Waals surface area contributed by atoms with E-state index in [0.29, 0.717) is 31.6 Å². The van der Waals surface area contributed by atoms with Gasteiger partial charge >= 0.3 is 5.97 Å². The highest BCUT2D eigenvalue weighted by atomic mass is 19.1. The number of carbonyl (C=O) groups is 1. The maximum atomic E-state index is 14.8. The number of aromatic nitrogens is 3. The van der Waals surface area contributed by atoms with Crippen LogP contribution in [0.4, 0.5) is 10.1 Å². The molecule has 4 aliphatic rings. The van der Waals surface area contributed by atoms with E-state index >= 15 is 0 Å². The van der Waals surface area contributed by atoms with E-state index in [1.165, 1.54) is 25.1 Å². The summed E-state index contributed by atoms with van der Waals surface area (Å²) in [5, 5.41) is 68.6. The molecule has 5 heterocycles. The van der Waals surface area contributed by atoms with Gasteiger partial charge in [0.15, 0.2) is 12.6 Å². The molecule has 20 heteroatoms. The largest absolute Gasteiger partial charge is 0.459 e. The Labute approximate surface area is 438 Å². The van der Waals surface area contributed by atoms with Crippen molar-refractivity contribution in [2.24, 2.45) is 17.8 Å². The number of nitrogens with zero attached hydrogens (tertiary/aromatic N) is 6. The molecule has 0 spiro atoms. The Balaban J connectivity index is 1.26. The number of ether oxygens (including phenoxy) is 7. The summed E-state index contributed by atoms with van der Waals surface area (Å²) in [6, 6.07) is 6.21. The van der Waals surface area contributed by atoms with Crippen molar-refractivity contribution in [1.29, 1.82) is 0 Å². The lowest BCUT2D eigenvalue weighted by molar-refractivity contribution is -0.318. The van der Waals surface area contributed by atoms with Crippen LogP contribution < -0.4 is 4.90 Å². The Kier molecular flexibility index (Phi) is 20.5. The molecular weight excluding hydrogens is 960 g/mol. The van der Waals surface area contributed by atoms with Crippen LogP contribution in [0.3, 0.4) is 0 Å². The molecule has 422 valence electrons. The number of aliphatic hydroxyl groups is 5. The van der Waals surface area contributed by atoms with Crippen LogP contribution in [0.15, 0.2) is 30.5 Å². The first-order valence-corrected chi connectivity index (χ1v) is 26.9. The molecule has 74 heavy (non-hydrogen) atoms. The first kappa shape index (κ1) is 60.3. The number of alkyl halides is 1. The first-order chi connectivity index (χ1) is 34.8. The molecule has 0 radical (unpaired) electrons. The third-order valence-corrected chi connectivity index (χ3v) is 16.9. The van der Waals surface area contributed by atoms with E-state index in [1.54, 1.807) is 61.8 Å². The number of esters is 1. The van der Waals surface area contributed by atoms with E-state index in [-0.39, 0.29) is 25.2 Å². The van der Waals surface area contributed by atoms with Gasteiger partial charge in [-0.1, -0.05) is 38.1 Å². The number of hydrogen-bond acceptors (Lipinski definition) is 18. The van der Waals surface area contributed by atoms with E-state index in [9.17, 15) is 34.7 Å². The molecule has 2 aromatic rings. The standard InChI is InChI=1S/C54H91FN6O13/c1-15-42-54(10,67)47(63)35(6)59(12)29-31(2)26-52(8,66)49(33(4)45(34(5)50(65)72-42)73-43-27-53(9,69-14)48(64)36(7)71-43)74-51-44(62)40(25-32(3)70-51)58(11)24-21-38-30-61(57-56-38)41(28-55)46(68-13)37-17-19-39(20-18-37)60-22-16-23-60/h17-20,30-36,40-49,51,62-64,66-67H,15-16,21-29H2,1-14H3/t31-,32-,33+,34-,35-,36+,40+,41-,42-,43+,44-,45+,46-,47-,48+,49-,51+,52-,53-,54-/m1/s1. The number of methoxy groups -OCH3 is 2. The fourth-order valence-electron chi connectivity index (χ4n) is 12.0. The number of rotatable bonds is 16. The average Bonchev–Trinajstić information content (AvgIpc) is 3.81. The maximum absolute atomic E-state index is 14.8. The Bertz CT molecular complexity index is 2070. The molecule has 0 unspecified atom stereocenters. The lowest BCUT2D eigenvalue weighted by Gasteiger charge is -2.49. The summed E-state index contributed by atoms with van der Waals surface area (Å²) in [5.74, 6) is -2.85. The van der Waals surface area contributed by atoms with Crippen LogP contribution in [0.25, 0.3) is 0 Å². The third kappa shape index (κ3) is 13.5. The minimum atomic E-state index is -1.85. The zero-order valence-corrected chi connectivity index (χ0v) is 46.5. The molecule has 20 atom stereocenters. The molecule has 0 aliphatic carbocycles. The Morgan fingerprint density at radius 2 is 1.64 bits per heavy atom. The number of anilines is 1. The van der Waals surface area contributed by atoms with Gasteiger partial charge in [0, 0.05) is 83.1 Å². The normalized spacial score (nSPS) is 40.2. The average molecular weight is 1050 g/mol. The van der Waals surface area contributed by atoms with Gasteiger partial charge in [-0.2, -0.15) is 0 Å². The van der Waals surface area contributed by atoms with E-state index in [1.807, 2.05) is 62.0 Å². The van der Waals surface area contributed by atoms with Crippen LogP contribution >= 0.6 is 0 Å². The minimum Gasteiger partial charge on any atom is -0.459 e. The second-order valence-electron chi connectivity index (χ2n) is 22.9. The molecule has 19 nitrogen and oxygen atoms in total. The number of likely N-dealkylation sites (N-methyl/N-ethyl adjacent to an activating group) is 2. The van der Waals surface area contributed by atoms with Gasteiger partial charge in [-0.25, -0.2) is 9.07 Å². The van der Waals surface area contributed by atoms with Gasteiger partial charge < -0.3 is 73.4 Å². The molecule has 4 saturated heterocycles. The van der Waals surface area contributed by atoms with Crippen molar-refractivity contribution in [2.45, 2.75) is 210 Å². The van der Waals surface area contributed by atoms with Crippen molar-refractivity contribution in [3.05, 3.63) is 41.7 Å². The predicted molar refractivity (Wildman–Crippen MR) is 275 cm³/mol. The summed E-state index contributed by atoms with van der Waals surface area (Å²) in [6.45, 7) is 19.6. The first-order valence-electron chi connectivity index (χ1n) is 26.9. The van der Waals surface area contributed by atoms with Crippen LogP contribution in [0.5, 0.6) is 0 Å². The zero-order valence-electron chi connectivity index (χ0n) is 46.5. The summed E-state index contributed by atoms with van der Waals surface area (Å²) in [5.41, 5.74) is -1.98. The van der Waals surface area contributed by atoms with Crippen molar-refractivity contribution in [3.8, 4) is 0 Å². The minimum absolute atomic E-state index is 0.0888. The summed E-state index contributed by atoms with van der Waals surface area (Å²) in [6.07, 6.45) is -6.63. The van der Waals surface area contributed by atoms with Crippen molar-refractivity contribution in [1.82, 2.24) is 24.8 Å². The number of benzene rings is 1. The van der Waals surface area contributed by atoms with Gasteiger partial charge in [0.05, 0.1) is 47.2 Å². The van der Waals surface area contributed by atoms with Gasteiger partial charge in [-0.15, -0.1) is 5.10 Å². The monoisotopic (exact) mass is 1050 g/mol. The zero-order chi connectivity index (χ0) is 54.6. The molecular formula is C54H91FN6O13. The van der Waals surface area contributed by atoms with Gasteiger partial charge in [-0.3, -0.25) is 4.79 Å². The molecule has 0 saturated carbocycles. The molecule has 4 fully saturated rings. The highest BCUT2D eigenvalue weighted by molar-refractivity contribution is 5.73. The number of cyclic esters (lactones) is 1. The molecule has 6 rings (SSSR count). The van der Waals surface area contributed by atoms with Gasteiger partial charge in [-0.05, 0) is 112 Å². The Hall–Kier alpha value is -2.96. The number of carbonyl (C=O) groups excluding carboxylic acids is 1. The molecule has 4 aliphatic heterocycles. The van der Waals surface area contributed by atoms with Crippen molar-refractivity contribution in [2.75, 3.05) is 66.1 Å². The SMILES string of the molecule is CC[C@H]1OC(=O)[C@H](C)[C@@H](O[C@H]2C[C@@](C)(OC)[C@@H](O)[C@H](C)O2)[C@H](C)[C@@H](O[C@@H]2O[C@H](C)C[C@H](N(C)CCc3cn([C@H](CF)[C@H](OC)c4ccc(N5CCC5)cc4)nn3)[C@H]2O)[C@](C)(O)C[C@@H](C)CN(C)[C@H](C)[C@@H](O)[C@]1(C)O. The van der Waals surface area contributed by atoms with Crippen LogP contribution in [-0.2, 0) is 44.4 Å². The van der Waals surface area contributed by atoms with Gasteiger partial charge in [0.25, 0.3) is 0 Å². The van der Waals surface area contributed by atoms with Crippen molar-refractivity contribution in [3.63, 3.8) is 0 Å². The van der Waals surface area contributed by atoms with E-state index < -0.39 is 127 Å². The van der Waals surface area contributed by atoms with Crippen LogP contribution in [0.1, 0.15) is 125 Å². The molecule has 0 amide bonds. The summed E-state index contributed by atoms with van der Waals surface area (Å²) in [7, 11) is 6.79. The van der Waals surface area contributed by atoms with E-state index in [2.05, 4.69) is 15.2 Å². The fraction of sp³-hybridized carbons (Fsp3) is 0.833. The summed E-state index contributed by atoms with van der Waals surface area (Å²) >= 11 is 0.